The molecule has 0 bridgehead atoms. The Bertz CT molecular complexity index is 407. The van der Waals surface area contributed by atoms with E-state index in [1.807, 2.05) is 6.92 Å². The van der Waals surface area contributed by atoms with Crippen LogP contribution in [0.4, 0.5) is 0 Å². The Morgan fingerprint density at radius 1 is 1.59 bits per heavy atom. The molecule has 0 aromatic carbocycles. The largest absolute Gasteiger partial charge is 0.393 e. The number of hydrogen-bond acceptors (Lipinski definition) is 3. The van der Waals surface area contributed by atoms with Crippen molar-refractivity contribution in [1.82, 2.24) is 9.88 Å². The zero-order chi connectivity index (χ0) is 12.4. The number of aromatic nitrogens is 1. The number of piperidine rings is 1. The van der Waals surface area contributed by atoms with Gasteiger partial charge in [-0.25, -0.2) is 4.98 Å². The first-order valence-corrected chi connectivity index (χ1v) is 6.46. The SMILES string of the molecule is CC1CN(C(=O)c2ccc(Br)nc2)CCC1O. The van der Waals surface area contributed by atoms with Crippen molar-refractivity contribution in [3.8, 4) is 0 Å². The molecule has 0 radical (unpaired) electrons. The Hall–Kier alpha value is -0.940. The second-order valence-electron chi connectivity index (χ2n) is 4.45. The Balaban J connectivity index is 2.08. The number of pyridine rings is 1. The van der Waals surface area contributed by atoms with E-state index in [-0.39, 0.29) is 17.9 Å². The predicted octanol–water partition coefficient (Wildman–Crippen LogP) is 1.69. The fraction of sp³-hybridized carbons (Fsp3) is 0.500. The highest BCUT2D eigenvalue weighted by Gasteiger charge is 2.27. The highest BCUT2D eigenvalue weighted by atomic mass is 79.9. The van der Waals surface area contributed by atoms with E-state index in [2.05, 4.69) is 20.9 Å². The van der Waals surface area contributed by atoms with Crippen LogP contribution >= 0.6 is 15.9 Å². The van der Waals surface area contributed by atoms with E-state index in [4.69, 9.17) is 0 Å². The van der Waals surface area contributed by atoms with Gasteiger partial charge < -0.3 is 10.0 Å². The van der Waals surface area contributed by atoms with Gasteiger partial charge in [-0.3, -0.25) is 4.79 Å². The number of halogens is 1. The predicted molar refractivity (Wildman–Crippen MR) is 67.6 cm³/mol. The molecule has 17 heavy (non-hydrogen) atoms. The molecular weight excluding hydrogens is 284 g/mol. The van der Waals surface area contributed by atoms with Crippen molar-refractivity contribution < 1.29 is 9.90 Å². The van der Waals surface area contributed by atoms with Crippen LogP contribution in [0.3, 0.4) is 0 Å². The fourth-order valence-corrected chi connectivity index (χ4v) is 2.24. The molecular formula is C12H15BrN2O2. The molecule has 1 fully saturated rings. The quantitative estimate of drug-likeness (QED) is 0.803. The lowest BCUT2D eigenvalue weighted by molar-refractivity contribution is 0.0297. The summed E-state index contributed by atoms with van der Waals surface area (Å²) in [5.74, 6) is 0.125. The van der Waals surface area contributed by atoms with E-state index in [9.17, 15) is 9.90 Å². The maximum Gasteiger partial charge on any atom is 0.255 e. The summed E-state index contributed by atoms with van der Waals surface area (Å²) in [5.41, 5.74) is 0.594. The first-order chi connectivity index (χ1) is 8.08. The molecule has 1 saturated heterocycles. The topological polar surface area (TPSA) is 53.4 Å². The van der Waals surface area contributed by atoms with Gasteiger partial charge in [0, 0.05) is 19.3 Å². The third-order valence-corrected chi connectivity index (χ3v) is 3.59. The van der Waals surface area contributed by atoms with E-state index in [1.165, 1.54) is 0 Å². The lowest BCUT2D eigenvalue weighted by atomic mass is 9.96. The second kappa shape index (κ2) is 5.14. The Morgan fingerprint density at radius 2 is 2.35 bits per heavy atom. The Labute approximate surface area is 109 Å². The van der Waals surface area contributed by atoms with Crippen molar-refractivity contribution in [3.05, 3.63) is 28.5 Å². The van der Waals surface area contributed by atoms with Crippen molar-refractivity contribution in [1.29, 1.82) is 0 Å². The molecule has 4 nitrogen and oxygen atoms in total. The van der Waals surface area contributed by atoms with E-state index >= 15 is 0 Å². The van der Waals surface area contributed by atoms with Gasteiger partial charge in [-0.1, -0.05) is 6.92 Å². The molecule has 0 saturated carbocycles. The molecule has 0 aliphatic carbocycles. The lowest BCUT2D eigenvalue weighted by Gasteiger charge is -2.34. The number of aliphatic hydroxyl groups is 1. The van der Waals surface area contributed by atoms with Gasteiger partial charge in [-0.2, -0.15) is 0 Å². The number of aliphatic hydroxyl groups excluding tert-OH is 1. The van der Waals surface area contributed by atoms with Crippen LogP contribution in [0.15, 0.2) is 22.9 Å². The minimum Gasteiger partial charge on any atom is -0.393 e. The van der Waals surface area contributed by atoms with Gasteiger partial charge in [0.1, 0.15) is 4.60 Å². The van der Waals surface area contributed by atoms with Crippen molar-refractivity contribution in [2.75, 3.05) is 13.1 Å². The van der Waals surface area contributed by atoms with Crippen molar-refractivity contribution in [2.24, 2.45) is 5.92 Å². The first kappa shape index (κ1) is 12.5. The van der Waals surface area contributed by atoms with Gasteiger partial charge in [0.15, 0.2) is 0 Å². The van der Waals surface area contributed by atoms with E-state index < -0.39 is 0 Å². The van der Waals surface area contributed by atoms with Gasteiger partial charge in [0.05, 0.1) is 11.7 Å². The van der Waals surface area contributed by atoms with Crippen LogP contribution in [-0.2, 0) is 0 Å². The van der Waals surface area contributed by atoms with E-state index in [1.54, 1.807) is 23.2 Å². The molecule has 0 spiro atoms. The van der Waals surface area contributed by atoms with E-state index in [0.29, 0.717) is 25.1 Å². The molecule has 1 N–H and O–H groups in total. The minimum atomic E-state index is -0.290. The maximum absolute atomic E-state index is 12.2. The summed E-state index contributed by atoms with van der Waals surface area (Å²) in [6, 6.07) is 3.52. The molecule has 1 aliphatic heterocycles. The van der Waals surface area contributed by atoms with Crippen LogP contribution in [0.1, 0.15) is 23.7 Å². The van der Waals surface area contributed by atoms with Crippen molar-refractivity contribution in [2.45, 2.75) is 19.4 Å². The molecule has 5 heteroatoms. The summed E-state index contributed by atoms with van der Waals surface area (Å²) in [4.78, 5) is 18.0. The summed E-state index contributed by atoms with van der Waals surface area (Å²) in [7, 11) is 0. The number of hydrogen-bond donors (Lipinski definition) is 1. The number of rotatable bonds is 1. The molecule has 92 valence electrons. The Kier molecular flexibility index (Phi) is 3.79. The van der Waals surface area contributed by atoms with Gasteiger partial charge in [0.2, 0.25) is 0 Å². The number of carbonyl (C=O) groups is 1. The van der Waals surface area contributed by atoms with Crippen molar-refractivity contribution in [3.63, 3.8) is 0 Å². The fourth-order valence-electron chi connectivity index (χ4n) is 2.00. The molecule has 2 heterocycles. The summed E-state index contributed by atoms with van der Waals surface area (Å²) in [6.45, 7) is 3.18. The summed E-state index contributed by atoms with van der Waals surface area (Å²) in [5, 5.41) is 9.63. The average molecular weight is 299 g/mol. The van der Waals surface area contributed by atoms with Crippen LogP contribution in [0.2, 0.25) is 0 Å². The summed E-state index contributed by atoms with van der Waals surface area (Å²) < 4.78 is 0.719. The highest BCUT2D eigenvalue weighted by molar-refractivity contribution is 9.10. The Morgan fingerprint density at radius 3 is 2.94 bits per heavy atom. The van der Waals surface area contributed by atoms with Crippen LogP contribution < -0.4 is 0 Å². The molecule has 1 amide bonds. The van der Waals surface area contributed by atoms with Crippen LogP contribution in [0.25, 0.3) is 0 Å². The van der Waals surface area contributed by atoms with Crippen LogP contribution in [-0.4, -0.2) is 40.1 Å². The third kappa shape index (κ3) is 2.84. The summed E-state index contributed by atoms with van der Waals surface area (Å²) >= 11 is 3.24. The van der Waals surface area contributed by atoms with Crippen molar-refractivity contribution >= 4 is 21.8 Å². The monoisotopic (exact) mass is 298 g/mol. The van der Waals surface area contributed by atoms with Gasteiger partial charge >= 0.3 is 0 Å². The van der Waals surface area contributed by atoms with Gasteiger partial charge in [0.25, 0.3) is 5.91 Å². The lowest BCUT2D eigenvalue weighted by Crippen LogP contribution is -2.44. The number of carbonyl (C=O) groups excluding carboxylic acids is 1. The zero-order valence-corrected chi connectivity index (χ0v) is 11.2. The molecule has 2 rings (SSSR count). The molecule has 1 aromatic heterocycles. The van der Waals surface area contributed by atoms with Gasteiger partial charge in [-0.15, -0.1) is 0 Å². The molecule has 2 unspecified atom stereocenters. The summed E-state index contributed by atoms with van der Waals surface area (Å²) in [6.07, 6.45) is 1.93. The third-order valence-electron chi connectivity index (χ3n) is 3.12. The standard InChI is InChI=1S/C12H15BrN2O2/c1-8-7-15(5-4-10(8)16)12(17)9-2-3-11(13)14-6-9/h2-3,6,8,10,16H,4-5,7H2,1H3. The van der Waals surface area contributed by atoms with Crippen LogP contribution in [0, 0.1) is 5.92 Å². The number of nitrogens with zero attached hydrogens (tertiary/aromatic N) is 2. The molecule has 1 aromatic rings. The average Bonchev–Trinajstić information content (AvgIpc) is 2.33. The minimum absolute atomic E-state index is 0.0104. The molecule has 1 aliphatic rings. The highest BCUT2D eigenvalue weighted by Crippen LogP contribution is 2.18. The van der Waals surface area contributed by atoms with E-state index in [0.717, 1.165) is 4.60 Å². The normalized spacial score (nSPS) is 24.8. The smallest absolute Gasteiger partial charge is 0.255 e. The number of amides is 1. The second-order valence-corrected chi connectivity index (χ2v) is 5.27. The van der Waals surface area contributed by atoms with Gasteiger partial charge in [-0.05, 0) is 40.4 Å². The number of likely N-dealkylation sites (tertiary alicyclic amines) is 1. The first-order valence-electron chi connectivity index (χ1n) is 5.67. The van der Waals surface area contributed by atoms with Crippen LogP contribution in [0.5, 0.6) is 0 Å². The molecule has 2 atom stereocenters. The zero-order valence-electron chi connectivity index (χ0n) is 9.64. The maximum atomic E-state index is 12.2.